The summed E-state index contributed by atoms with van der Waals surface area (Å²) in [5, 5.41) is 2.93. The summed E-state index contributed by atoms with van der Waals surface area (Å²) < 4.78 is 45.1. The normalized spacial score (nSPS) is 12.1. The minimum Gasteiger partial charge on any atom is -0.496 e. The highest BCUT2D eigenvalue weighted by Gasteiger charge is 2.21. The van der Waals surface area contributed by atoms with Gasteiger partial charge in [-0.25, -0.2) is 12.8 Å². The van der Waals surface area contributed by atoms with Crippen molar-refractivity contribution in [3.8, 4) is 5.75 Å². The standard InChI is InChI=1S/C24H25FN2O4S/c1-17(20-8-4-7-11-23(20)31-2)26-24(28)19-14-12-18(13-15-19)16-27(32(3,29)30)22-10-6-5-9-21(22)25/h4-15,17H,16H2,1-3H3,(H,26,28). The summed E-state index contributed by atoms with van der Waals surface area (Å²) >= 11 is 0. The molecule has 0 saturated heterocycles. The molecule has 3 aromatic carbocycles. The number of rotatable bonds is 8. The fraction of sp³-hybridized carbons (Fsp3) is 0.208. The SMILES string of the molecule is COc1ccccc1C(C)NC(=O)c1ccc(CN(c2ccccc2F)S(C)(=O)=O)cc1. The number of carbonyl (C=O) groups is 1. The van der Waals surface area contributed by atoms with Gasteiger partial charge in [0, 0.05) is 11.1 Å². The van der Waals surface area contributed by atoms with E-state index in [2.05, 4.69) is 5.32 Å². The molecule has 6 nitrogen and oxygen atoms in total. The Bertz CT molecular complexity index is 1200. The van der Waals surface area contributed by atoms with E-state index in [0.717, 1.165) is 16.1 Å². The molecular weight excluding hydrogens is 431 g/mol. The zero-order chi connectivity index (χ0) is 23.3. The van der Waals surface area contributed by atoms with E-state index >= 15 is 0 Å². The van der Waals surface area contributed by atoms with E-state index in [1.54, 1.807) is 37.4 Å². The van der Waals surface area contributed by atoms with Gasteiger partial charge in [0.25, 0.3) is 5.91 Å². The van der Waals surface area contributed by atoms with Crippen molar-refractivity contribution in [2.24, 2.45) is 0 Å². The lowest BCUT2D eigenvalue weighted by atomic mass is 10.1. The summed E-state index contributed by atoms with van der Waals surface area (Å²) in [4.78, 5) is 12.7. The molecule has 0 bridgehead atoms. The van der Waals surface area contributed by atoms with Crippen molar-refractivity contribution in [1.82, 2.24) is 5.32 Å². The van der Waals surface area contributed by atoms with Crippen molar-refractivity contribution in [3.63, 3.8) is 0 Å². The van der Waals surface area contributed by atoms with Crippen LogP contribution >= 0.6 is 0 Å². The highest BCUT2D eigenvalue weighted by Crippen LogP contribution is 2.25. The van der Waals surface area contributed by atoms with E-state index in [-0.39, 0.29) is 24.2 Å². The molecule has 1 amide bonds. The van der Waals surface area contributed by atoms with Crippen LogP contribution in [0.1, 0.15) is 34.5 Å². The Hall–Kier alpha value is -3.39. The van der Waals surface area contributed by atoms with Gasteiger partial charge >= 0.3 is 0 Å². The van der Waals surface area contributed by atoms with Crippen LogP contribution < -0.4 is 14.4 Å². The van der Waals surface area contributed by atoms with Crippen LogP contribution in [-0.4, -0.2) is 27.7 Å². The first-order valence-corrected chi connectivity index (χ1v) is 11.8. The fourth-order valence-corrected chi connectivity index (χ4v) is 4.23. The molecule has 3 rings (SSSR count). The van der Waals surface area contributed by atoms with E-state index in [9.17, 15) is 17.6 Å². The molecule has 8 heteroatoms. The van der Waals surface area contributed by atoms with Gasteiger partial charge in [0.15, 0.2) is 0 Å². The summed E-state index contributed by atoms with van der Waals surface area (Å²) in [5.41, 5.74) is 1.87. The van der Waals surface area contributed by atoms with Crippen molar-refractivity contribution in [2.75, 3.05) is 17.7 Å². The van der Waals surface area contributed by atoms with Crippen molar-refractivity contribution in [2.45, 2.75) is 19.5 Å². The van der Waals surface area contributed by atoms with Crippen molar-refractivity contribution < 1.29 is 22.3 Å². The largest absolute Gasteiger partial charge is 0.496 e. The first-order chi connectivity index (χ1) is 15.2. The molecule has 0 fully saturated rings. The average molecular weight is 457 g/mol. The molecule has 0 spiro atoms. The summed E-state index contributed by atoms with van der Waals surface area (Å²) in [7, 11) is -2.14. The van der Waals surface area contributed by atoms with E-state index in [1.807, 2.05) is 31.2 Å². The first-order valence-electron chi connectivity index (χ1n) is 9.95. The number of hydrogen-bond acceptors (Lipinski definition) is 4. The van der Waals surface area contributed by atoms with Gasteiger partial charge < -0.3 is 10.1 Å². The molecule has 1 N–H and O–H groups in total. The highest BCUT2D eigenvalue weighted by atomic mass is 32.2. The van der Waals surface area contributed by atoms with Gasteiger partial charge in [-0.3, -0.25) is 9.10 Å². The van der Waals surface area contributed by atoms with Gasteiger partial charge in [0.1, 0.15) is 11.6 Å². The van der Waals surface area contributed by atoms with Crippen LogP contribution in [0.15, 0.2) is 72.8 Å². The molecule has 32 heavy (non-hydrogen) atoms. The smallest absolute Gasteiger partial charge is 0.251 e. The number of carbonyl (C=O) groups excluding carboxylic acids is 1. The topological polar surface area (TPSA) is 75.7 Å². The minimum absolute atomic E-state index is 0.0255. The van der Waals surface area contributed by atoms with Crippen LogP contribution in [0.2, 0.25) is 0 Å². The minimum atomic E-state index is -3.72. The molecule has 0 aliphatic rings. The highest BCUT2D eigenvalue weighted by molar-refractivity contribution is 7.92. The van der Waals surface area contributed by atoms with Gasteiger partial charge in [-0.05, 0) is 42.8 Å². The summed E-state index contributed by atoms with van der Waals surface area (Å²) in [5.74, 6) is -0.215. The molecule has 0 heterocycles. The van der Waals surface area contributed by atoms with E-state index in [1.165, 1.54) is 18.2 Å². The van der Waals surface area contributed by atoms with Gasteiger partial charge in [-0.2, -0.15) is 0 Å². The van der Waals surface area contributed by atoms with E-state index in [4.69, 9.17) is 4.74 Å². The van der Waals surface area contributed by atoms with Crippen LogP contribution in [0.3, 0.4) is 0 Å². The van der Waals surface area contributed by atoms with Gasteiger partial charge in [-0.15, -0.1) is 0 Å². The molecule has 0 aliphatic heterocycles. The predicted octanol–water partition coefficient (Wildman–Crippen LogP) is 4.29. The molecule has 0 saturated carbocycles. The quantitative estimate of drug-likeness (QED) is 0.549. The second-order valence-electron chi connectivity index (χ2n) is 7.36. The van der Waals surface area contributed by atoms with E-state index < -0.39 is 15.8 Å². The molecule has 168 valence electrons. The molecule has 0 radical (unpaired) electrons. The van der Waals surface area contributed by atoms with Crippen LogP contribution in [0, 0.1) is 5.82 Å². The molecule has 1 unspecified atom stereocenters. The fourth-order valence-electron chi connectivity index (χ4n) is 3.34. The summed E-state index contributed by atoms with van der Waals surface area (Å²) in [6.45, 7) is 1.81. The van der Waals surface area contributed by atoms with Crippen LogP contribution in [0.5, 0.6) is 5.75 Å². The lowest BCUT2D eigenvalue weighted by Crippen LogP contribution is -2.30. The average Bonchev–Trinajstić information content (AvgIpc) is 2.77. The number of nitrogens with one attached hydrogen (secondary N) is 1. The van der Waals surface area contributed by atoms with Crippen molar-refractivity contribution in [1.29, 1.82) is 0 Å². The second kappa shape index (κ2) is 9.82. The number of para-hydroxylation sites is 2. The number of amides is 1. The number of hydrogen-bond donors (Lipinski definition) is 1. The zero-order valence-corrected chi connectivity index (χ0v) is 18.9. The van der Waals surface area contributed by atoms with Gasteiger partial charge in [-0.1, -0.05) is 42.5 Å². The lowest BCUT2D eigenvalue weighted by molar-refractivity contribution is 0.0939. The van der Waals surface area contributed by atoms with Crippen LogP contribution in [-0.2, 0) is 16.6 Å². The Labute approximate surface area is 187 Å². The maximum Gasteiger partial charge on any atom is 0.251 e. The Morgan fingerprint density at radius 2 is 1.66 bits per heavy atom. The third kappa shape index (κ3) is 5.45. The van der Waals surface area contributed by atoms with Crippen molar-refractivity contribution in [3.05, 3.63) is 95.3 Å². The molecule has 0 aromatic heterocycles. The Morgan fingerprint density at radius 3 is 2.28 bits per heavy atom. The Kier molecular flexibility index (Phi) is 7.15. The third-order valence-corrected chi connectivity index (χ3v) is 6.14. The number of halogens is 1. The zero-order valence-electron chi connectivity index (χ0n) is 18.1. The number of methoxy groups -OCH3 is 1. The molecule has 0 aliphatic carbocycles. The van der Waals surface area contributed by atoms with Crippen LogP contribution in [0.4, 0.5) is 10.1 Å². The maximum atomic E-state index is 14.2. The van der Waals surface area contributed by atoms with E-state index in [0.29, 0.717) is 16.9 Å². The van der Waals surface area contributed by atoms with Gasteiger partial charge in [0.05, 0.1) is 31.6 Å². The van der Waals surface area contributed by atoms with Crippen molar-refractivity contribution >= 4 is 21.6 Å². The first kappa shape index (κ1) is 23.3. The predicted molar refractivity (Wildman–Crippen MR) is 123 cm³/mol. The number of benzene rings is 3. The number of anilines is 1. The molecule has 1 atom stereocenters. The number of ether oxygens (including phenoxy) is 1. The monoisotopic (exact) mass is 456 g/mol. The molecular formula is C24H25FN2O4S. The lowest BCUT2D eigenvalue weighted by Gasteiger charge is -2.23. The number of sulfonamides is 1. The van der Waals surface area contributed by atoms with Gasteiger partial charge in [0.2, 0.25) is 10.0 Å². The Balaban J connectivity index is 1.75. The second-order valence-corrected chi connectivity index (χ2v) is 9.26. The summed E-state index contributed by atoms with van der Waals surface area (Å²) in [6, 6.07) is 19.4. The maximum absolute atomic E-state index is 14.2. The number of nitrogens with zero attached hydrogens (tertiary/aromatic N) is 1. The molecule has 3 aromatic rings. The summed E-state index contributed by atoms with van der Waals surface area (Å²) in [6.07, 6.45) is 1.03. The third-order valence-electron chi connectivity index (χ3n) is 5.02. The Morgan fingerprint density at radius 1 is 1.03 bits per heavy atom. The van der Waals surface area contributed by atoms with Crippen LogP contribution in [0.25, 0.3) is 0 Å².